The molecule has 1 rings (SSSR count). The highest BCUT2D eigenvalue weighted by molar-refractivity contribution is 8.23. The van der Waals surface area contributed by atoms with Crippen LogP contribution in [-0.2, 0) is 10.9 Å². The summed E-state index contributed by atoms with van der Waals surface area (Å²) < 4.78 is 41.3. The largest absolute Gasteiger partial charge is 0.479 e. The summed E-state index contributed by atoms with van der Waals surface area (Å²) in [6, 6.07) is 0. The second-order valence-corrected chi connectivity index (χ2v) is 5.98. The molecule has 0 radical (unpaired) electrons. The molecule has 0 saturated carbocycles. The van der Waals surface area contributed by atoms with Gasteiger partial charge in [-0.3, -0.25) is 0 Å². The maximum atomic E-state index is 12.3. The van der Waals surface area contributed by atoms with Gasteiger partial charge in [0.05, 0.1) is 6.61 Å². The quantitative estimate of drug-likeness (QED) is 0.605. The van der Waals surface area contributed by atoms with Gasteiger partial charge in [-0.15, -0.1) is 22.9 Å². The number of hydrogen-bond donors (Lipinski definition) is 0. The second kappa shape index (κ2) is 6.21. The van der Waals surface area contributed by atoms with Crippen LogP contribution in [0, 0.1) is 0 Å². The Hall–Kier alpha value is -0.0500. The Morgan fingerprint density at radius 1 is 1.71 bits per heavy atom. The maximum Gasteiger partial charge on any atom is 0.434 e. The molecule has 1 heterocycles. The Kier molecular flexibility index (Phi) is 5.49. The monoisotopic (exact) mass is 321 g/mol. The summed E-state index contributed by atoms with van der Waals surface area (Å²) in [6.45, 7) is 2.14. The van der Waals surface area contributed by atoms with Crippen LogP contribution in [0.25, 0.3) is 0 Å². The third-order valence-corrected chi connectivity index (χ3v) is 4.28. The molecule has 0 amide bonds. The first-order valence-electron chi connectivity index (χ1n) is 4.34. The van der Waals surface area contributed by atoms with Gasteiger partial charge in [-0.1, -0.05) is 0 Å². The third-order valence-electron chi connectivity index (χ3n) is 1.47. The summed E-state index contributed by atoms with van der Waals surface area (Å²) in [4.78, 5) is 3.42. The van der Waals surface area contributed by atoms with Crippen LogP contribution < -0.4 is 0 Å². The van der Waals surface area contributed by atoms with E-state index in [1.807, 2.05) is 0 Å². The predicted molar refractivity (Wildman–Crippen MR) is 67.5 cm³/mol. The first-order chi connectivity index (χ1) is 7.84. The number of halogens is 4. The maximum absolute atomic E-state index is 12.3. The summed E-state index contributed by atoms with van der Waals surface area (Å²) in [5.41, 5.74) is -0.939. The average Bonchev–Trinajstić information content (AvgIpc) is 2.65. The topological polar surface area (TPSA) is 22.1 Å². The number of thiocarbonyl (C=S) groups is 1. The molecule has 0 fully saturated rings. The van der Waals surface area contributed by atoms with Crippen LogP contribution in [0.2, 0.25) is 0 Å². The molecule has 0 aliphatic rings. The predicted octanol–water partition coefficient (Wildman–Crippen LogP) is 4.45. The molecule has 0 N–H and O–H groups in total. The van der Waals surface area contributed by atoms with Gasteiger partial charge in [0, 0.05) is 5.38 Å². The molecule has 0 aliphatic carbocycles. The van der Waals surface area contributed by atoms with Crippen molar-refractivity contribution < 1.29 is 17.9 Å². The minimum atomic E-state index is -4.45. The Labute approximate surface area is 115 Å². The molecule has 2 nitrogen and oxygen atoms in total. The lowest BCUT2D eigenvalue weighted by Gasteiger charge is -2.07. The Morgan fingerprint density at radius 3 is 2.82 bits per heavy atom. The highest BCUT2D eigenvalue weighted by Gasteiger charge is 2.34. The van der Waals surface area contributed by atoms with E-state index in [0.29, 0.717) is 6.61 Å². The van der Waals surface area contributed by atoms with Gasteiger partial charge in [0.15, 0.2) is 5.69 Å². The summed E-state index contributed by atoms with van der Waals surface area (Å²) >= 11 is 12.5. The zero-order valence-electron chi connectivity index (χ0n) is 8.45. The van der Waals surface area contributed by atoms with Crippen molar-refractivity contribution in [2.45, 2.75) is 17.8 Å². The molecular formula is C8H7ClF3NOS3. The van der Waals surface area contributed by atoms with Gasteiger partial charge < -0.3 is 4.74 Å². The van der Waals surface area contributed by atoms with Gasteiger partial charge in [0.25, 0.3) is 0 Å². The van der Waals surface area contributed by atoms with Crippen molar-refractivity contribution in [3.63, 3.8) is 0 Å². The van der Waals surface area contributed by atoms with Crippen molar-refractivity contribution in [2.24, 2.45) is 0 Å². The van der Waals surface area contributed by atoms with E-state index in [0.717, 1.165) is 28.5 Å². The normalized spacial score (nSPS) is 13.5. The van der Waals surface area contributed by atoms with Crippen LogP contribution in [0.5, 0.6) is 0 Å². The molecule has 1 aromatic rings. The van der Waals surface area contributed by atoms with Crippen molar-refractivity contribution in [2.75, 3.05) is 6.61 Å². The zero-order valence-corrected chi connectivity index (χ0v) is 11.7. The van der Waals surface area contributed by atoms with Crippen LogP contribution in [0.15, 0.2) is 5.38 Å². The van der Waals surface area contributed by atoms with E-state index in [2.05, 4.69) is 4.98 Å². The van der Waals surface area contributed by atoms with E-state index in [4.69, 9.17) is 28.6 Å². The van der Waals surface area contributed by atoms with E-state index < -0.39 is 16.6 Å². The number of thiazole rings is 1. The van der Waals surface area contributed by atoms with Crippen molar-refractivity contribution in [1.29, 1.82) is 0 Å². The molecule has 96 valence electrons. The van der Waals surface area contributed by atoms with Gasteiger partial charge in [0.2, 0.25) is 4.38 Å². The van der Waals surface area contributed by atoms with E-state index in [9.17, 15) is 13.2 Å². The number of ether oxygens (including phenoxy) is 1. The lowest BCUT2D eigenvalue weighted by atomic mass is 10.5. The van der Waals surface area contributed by atoms with Gasteiger partial charge in [-0.05, 0) is 30.9 Å². The van der Waals surface area contributed by atoms with Crippen LogP contribution in [0.4, 0.5) is 13.2 Å². The number of hydrogen-bond acceptors (Lipinski definition) is 5. The molecule has 0 aliphatic heterocycles. The van der Waals surface area contributed by atoms with Gasteiger partial charge in [0.1, 0.15) is 9.72 Å². The van der Waals surface area contributed by atoms with Crippen molar-refractivity contribution in [3.8, 4) is 0 Å². The summed E-state index contributed by atoms with van der Waals surface area (Å²) in [5, 5.41) is 1.08. The summed E-state index contributed by atoms with van der Waals surface area (Å²) in [5.74, 6) is 0. The zero-order chi connectivity index (χ0) is 13.1. The Balaban J connectivity index is 2.67. The SMILES string of the molecule is CCOC(=S)S[C@@H](Cl)c1nc(C(F)(F)F)cs1. The number of thioether (sulfide) groups is 1. The van der Waals surface area contributed by atoms with E-state index in [1.54, 1.807) is 6.92 Å². The summed E-state index contributed by atoms with van der Waals surface area (Å²) in [7, 11) is 0. The molecule has 1 aromatic heterocycles. The van der Waals surface area contributed by atoms with E-state index in [-0.39, 0.29) is 9.39 Å². The van der Waals surface area contributed by atoms with Gasteiger partial charge >= 0.3 is 6.18 Å². The van der Waals surface area contributed by atoms with Crippen LogP contribution in [0.1, 0.15) is 22.3 Å². The molecule has 0 spiro atoms. The fourth-order valence-electron chi connectivity index (χ4n) is 0.809. The van der Waals surface area contributed by atoms with Crippen LogP contribution in [-0.4, -0.2) is 16.0 Å². The minimum absolute atomic E-state index is 0.158. The first-order valence-corrected chi connectivity index (χ1v) is 6.95. The first kappa shape index (κ1) is 15.0. The lowest BCUT2D eigenvalue weighted by Crippen LogP contribution is -2.05. The molecule has 9 heteroatoms. The molecule has 0 aromatic carbocycles. The van der Waals surface area contributed by atoms with E-state index >= 15 is 0 Å². The van der Waals surface area contributed by atoms with Crippen LogP contribution in [0.3, 0.4) is 0 Å². The number of aromatic nitrogens is 1. The van der Waals surface area contributed by atoms with Crippen molar-refractivity contribution in [3.05, 3.63) is 16.1 Å². The fraction of sp³-hybridized carbons (Fsp3) is 0.500. The Morgan fingerprint density at radius 2 is 2.35 bits per heavy atom. The Bertz CT molecular complexity index is 396. The molecule has 0 bridgehead atoms. The number of rotatable bonds is 3. The molecular weight excluding hydrogens is 315 g/mol. The third kappa shape index (κ3) is 4.61. The van der Waals surface area contributed by atoms with Crippen LogP contribution >= 0.6 is 46.9 Å². The smallest absolute Gasteiger partial charge is 0.434 e. The second-order valence-electron chi connectivity index (χ2n) is 2.69. The molecule has 0 saturated heterocycles. The van der Waals surface area contributed by atoms with Crippen molar-refractivity contribution >= 4 is 51.3 Å². The minimum Gasteiger partial charge on any atom is -0.479 e. The average molecular weight is 322 g/mol. The summed E-state index contributed by atoms with van der Waals surface area (Å²) in [6.07, 6.45) is -4.45. The molecule has 0 unspecified atom stereocenters. The number of alkyl halides is 4. The van der Waals surface area contributed by atoms with Crippen molar-refractivity contribution in [1.82, 2.24) is 4.98 Å². The fourth-order valence-corrected chi connectivity index (χ4v) is 3.32. The number of nitrogens with zero attached hydrogens (tertiary/aromatic N) is 1. The van der Waals surface area contributed by atoms with Gasteiger partial charge in [-0.25, -0.2) is 4.98 Å². The molecule has 17 heavy (non-hydrogen) atoms. The van der Waals surface area contributed by atoms with E-state index in [1.165, 1.54) is 0 Å². The lowest BCUT2D eigenvalue weighted by molar-refractivity contribution is -0.140. The highest BCUT2D eigenvalue weighted by atomic mass is 35.5. The standard InChI is InChI=1S/C8H7ClF3NOS3/c1-2-14-7(15)17-5(9)6-13-4(3-16-6)8(10,11)12/h3,5H,2H2,1H3/t5-/m1/s1. The highest BCUT2D eigenvalue weighted by Crippen LogP contribution is 2.38. The van der Waals surface area contributed by atoms with Gasteiger partial charge in [-0.2, -0.15) is 13.2 Å². The molecule has 1 atom stereocenters.